The van der Waals surface area contributed by atoms with Crippen molar-refractivity contribution in [2.45, 2.75) is 40.0 Å². The number of nitrogens with one attached hydrogen (secondary N) is 1. The van der Waals surface area contributed by atoms with Crippen molar-refractivity contribution in [3.63, 3.8) is 0 Å². The lowest BCUT2D eigenvalue weighted by Crippen LogP contribution is -2.49. The number of pyridine rings is 1. The van der Waals surface area contributed by atoms with Gasteiger partial charge < -0.3 is 24.4 Å². The highest BCUT2D eigenvalue weighted by Gasteiger charge is 2.31. The fourth-order valence-corrected chi connectivity index (χ4v) is 5.08. The molecule has 0 bridgehead atoms. The average molecular weight is 482 g/mol. The third-order valence-electron chi connectivity index (χ3n) is 7.10. The van der Waals surface area contributed by atoms with Gasteiger partial charge in [-0.15, -0.1) is 0 Å². The molecule has 2 aliphatic rings. The first-order valence-corrected chi connectivity index (χ1v) is 12.5. The molecule has 2 aromatic rings. The molecule has 0 atom stereocenters. The van der Waals surface area contributed by atoms with Crippen molar-refractivity contribution in [1.82, 2.24) is 19.8 Å². The molecule has 0 radical (unpaired) electrons. The lowest BCUT2D eigenvalue weighted by Gasteiger charge is -2.37. The number of nitrogens with zero attached hydrogens (tertiary/aromatic N) is 4. The summed E-state index contributed by atoms with van der Waals surface area (Å²) < 4.78 is 5.09. The molecule has 2 saturated heterocycles. The molecule has 2 amide bonds. The van der Waals surface area contributed by atoms with E-state index in [1.165, 1.54) is 0 Å². The van der Waals surface area contributed by atoms with Gasteiger partial charge in [0.15, 0.2) is 0 Å². The number of hydrogen-bond donors (Lipinski definition) is 1. The smallest absolute Gasteiger partial charge is 0.355 e. The van der Waals surface area contributed by atoms with Crippen LogP contribution in [-0.2, 0) is 9.53 Å². The minimum atomic E-state index is -0.440. The van der Waals surface area contributed by atoms with Crippen molar-refractivity contribution in [2.24, 2.45) is 5.92 Å². The standard InChI is InChI=1S/C26H35N5O4/c1-4-35-26(34)24-18(2)23(19(3)28-24)25(33)31-11-8-20(9-12-31)17-22(32)30-15-13-29(14-16-30)21-7-5-6-10-27-21/h5-7,10,20,28H,4,8-9,11-17H2,1-3H3. The maximum atomic E-state index is 13.2. The number of anilines is 1. The molecule has 9 nitrogen and oxygen atoms in total. The van der Waals surface area contributed by atoms with Crippen LogP contribution >= 0.6 is 0 Å². The first kappa shape index (κ1) is 24.8. The van der Waals surface area contributed by atoms with Gasteiger partial charge in [-0.3, -0.25) is 9.59 Å². The first-order chi connectivity index (χ1) is 16.9. The highest BCUT2D eigenvalue weighted by atomic mass is 16.5. The van der Waals surface area contributed by atoms with Crippen molar-refractivity contribution >= 4 is 23.6 Å². The summed E-state index contributed by atoms with van der Waals surface area (Å²) in [6.45, 7) is 9.86. The lowest BCUT2D eigenvalue weighted by molar-refractivity contribution is -0.132. The Kier molecular flexibility index (Phi) is 7.73. The van der Waals surface area contributed by atoms with E-state index in [-0.39, 0.29) is 24.3 Å². The van der Waals surface area contributed by atoms with Crippen LogP contribution in [0.15, 0.2) is 24.4 Å². The number of aromatic amines is 1. The molecule has 35 heavy (non-hydrogen) atoms. The normalized spacial score (nSPS) is 16.9. The number of aromatic nitrogens is 2. The van der Waals surface area contributed by atoms with Gasteiger partial charge >= 0.3 is 5.97 Å². The first-order valence-electron chi connectivity index (χ1n) is 12.5. The van der Waals surface area contributed by atoms with Crippen LogP contribution in [0.5, 0.6) is 0 Å². The predicted molar refractivity (Wildman–Crippen MR) is 132 cm³/mol. The summed E-state index contributed by atoms with van der Waals surface area (Å²) in [6, 6.07) is 5.89. The number of carbonyl (C=O) groups excluding carboxylic acids is 3. The zero-order valence-electron chi connectivity index (χ0n) is 20.9. The maximum absolute atomic E-state index is 13.2. The Morgan fingerprint density at radius 3 is 2.37 bits per heavy atom. The van der Waals surface area contributed by atoms with Gasteiger partial charge in [-0.05, 0) is 57.2 Å². The Labute approximate surface area is 206 Å². The number of hydrogen-bond acceptors (Lipinski definition) is 6. The molecule has 0 aliphatic carbocycles. The molecule has 2 aromatic heterocycles. The molecular formula is C26H35N5O4. The van der Waals surface area contributed by atoms with Crippen LogP contribution in [0.25, 0.3) is 0 Å². The molecule has 2 fully saturated rings. The summed E-state index contributed by atoms with van der Waals surface area (Å²) in [5.41, 5.74) is 2.20. The molecule has 4 heterocycles. The number of aryl methyl sites for hydroxylation is 1. The summed E-state index contributed by atoms with van der Waals surface area (Å²) in [7, 11) is 0. The van der Waals surface area contributed by atoms with E-state index in [9.17, 15) is 14.4 Å². The molecule has 0 saturated carbocycles. The Morgan fingerprint density at radius 1 is 1.03 bits per heavy atom. The van der Waals surface area contributed by atoms with E-state index in [2.05, 4.69) is 14.9 Å². The molecule has 1 N–H and O–H groups in total. The minimum absolute atomic E-state index is 0.0674. The van der Waals surface area contributed by atoms with E-state index in [4.69, 9.17) is 4.74 Å². The molecule has 188 valence electrons. The minimum Gasteiger partial charge on any atom is -0.461 e. The Hall–Kier alpha value is -3.36. The topological polar surface area (TPSA) is 98.8 Å². The number of piperidine rings is 1. The van der Waals surface area contributed by atoms with Gasteiger partial charge in [-0.1, -0.05) is 6.07 Å². The van der Waals surface area contributed by atoms with Crippen molar-refractivity contribution in [2.75, 3.05) is 50.8 Å². The molecule has 0 aromatic carbocycles. The number of piperazine rings is 1. The Bertz CT molecular complexity index is 1050. The number of amides is 2. The summed E-state index contributed by atoms with van der Waals surface area (Å²) >= 11 is 0. The van der Waals surface area contributed by atoms with Crippen LogP contribution in [-0.4, -0.2) is 83.4 Å². The van der Waals surface area contributed by atoms with Gasteiger partial charge in [-0.2, -0.15) is 0 Å². The third-order valence-corrected chi connectivity index (χ3v) is 7.10. The van der Waals surface area contributed by atoms with Crippen LogP contribution in [0.2, 0.25) is 0 Å². The highest BCUT2D eigenvalue weighted by Crippen LogP contribution is 2.26. The molecule has 4 rings (SSSR count). The Morgan fingerprint density at radius 2 is 1.74 bits per heavy atom. The third kappa shape index (κ3) is 5.49. The number of likely N-dealkylation sites (tertiary alicyclic amines) is 1. The van der Waals surface area contributed by atoms with Crippen LogP contribution in [0, 0.1) is 19.8 Å². The van der Waals surface area contributed by atoms with Gasteiger partial charge in [-0.25, -0.2) is 9.78 Å². The summed E-state index contributed by atoms with van der Waals surface area (Å²) in [5.74, 6) is 0.932. The molecule has 2 aliphatic heterocycles. The Balaban J connectivity index is 1.27. The number of carbonyl (C=O) groups is 3. The van der Waals surface area contributed by atoms with Crippen LogP contribution in [0.4, 0.5) is 5.82 Å². The van der Waals surface area contributed by atoms with Gasteiger partial charge in [0.1, 0.15) is 11.5 Å². The molecular weight excluding hydrogens is 446 g/mol. The van der Waals surface area contributed by atoms with Crippen molar-refractivity contribution in [1.29, 1.82) is 0 Å². The second-order valence-corrected chi connectivity index (χ2v) is 9.34. The summed E-state index contributed by atoms with van der Waals surface area (Å²) in [5, 5.41) is 0. The van der Waals surface area contributed by atoms with Crippen LogP contribution in [0.1, 0.15) is 58.3 Å². The fourth-order valence-electron chi connectivity index (χ4n) is 5.08. The zero-order chi connectivity index (χ0) is 24.9. The molecule has 9 heteroatoms. The zero-order valence-corrected chi connectivity index (χ0v) is 20.9. The van der Waals surface area contributed by atoms with E-state index in [0.29, 0.717) is 55.1 Å². The number of esters is 1. The van der Waals surface area contributed by atoms with Crippen molar-refractivity contribution in [3.05, 3.63) is 46.9 Å². The monoisotopic (exact) mass is 481 g/mol. The van der Waals surface area contributed by atoms with Crippen molar-refractivity contribution < 1.29 is 19.1 Å². The van der Waals surface area contributed by atoms with E-state index in [0.717, 1.165) is 31.7 Å². The highest BCUT2D eigenvalue weighted by molar-refractivity contribution is 6.01. The van der Waals surface area contributed by atoms with E-state index in [1.807, 2.05) is 34.9 Å². The lowest BCUT2D eigenvalue weighted by atomic mass is 9.92. The molecule has 0 spiro atoms. The van der Waals surface area contributed by atoms with Gasteiger partial charge in [0.25, 0.3) is 5.91 Å². The van der Waals surface area contributed by atoms with Gasteiger partial charge in [0, 0.05) is 57.6 Å². The average Bonchev–Trinajstić information content (AvgIpc) is 3.18. The summed E-state index contributed by atoms with van der Waals surface area (Å²) in [4.78, 5) is 51.8. The fraction of sp³-hybridized carbons (Fsp3) is 0.538. The maximum Gasteiger partial charge on any atom is 0.355 e. The SMILES string of the molecule is CCOC(=O)c1[nH]c(C)c(C(=O)N2CCC(CC(=O)N3CCN(c4ccccn4)CC3)CC2)c1C. The van der Waals surface area contributed by atoms with E-state index >= 15 is 0 Å². The van der Waals surface area contributed by atoms with Crippen LogP contribution in [0.3, 0.4) is 0 Å². The number of ether oxygens (including phenoxy) is 1. The number of rotatable bonds is 6. The van der Waals surface area contributed by atoms with Crippen molar-refractivity contribution in [3.8, 4) is 0 Å². The summed E-state index contributed by atoms with van der Waals surface area (Å²) in [6.07, 6.45) is 3.93. The largest absolute Gasteiger partial charge is 0.461 e. The quantitative estimate of drug-likeness (QED) is 0.637. The van der Waals surface area contributed by atoms with E-state index in [1.54, 1.807) is 20.0 Å². The molecule has 0 unspecified atom stereocenters. The number of H-pyrrole nitrogens is 1. The van der Waals surface area contributed by atoms with Gasteiger partial charge in [0.05, 0.1) is 12.2 Å². The van der Waals surface area contributed by atoms with E-state index < -0.39 is 5.97 Å². The predicted octanol–water partition coefficient (Wildman–Crippen LogP) is 2.79. The van der Waals surface area contributed by atoms with Crippen LogP contribution < -0.4 is 4.90 Å². The second-order valence-electron chi connectivity index (χ2n) is 9.34. The van der Waals surface area contributed by atoms with Gasteiger partial charge in [0.2, 0.25) is 5.91 Å². The second kappa shape index (κ2) is 10.9.